The highest BCUT2D eigenvalue weighted by Crippen LogP contribution is 2.37. The molecule has 1 aliphatic heterocycles. The summed E-state index contributed by atoms with van der Waals surface area (Å²) in [6.07, 6.45) is 4.13. The molecule has 1 aromatic heterocycles. The van der Waals surface area contributed by atoms with Crippen LogP contribution in [0.15, 0.2) is 22.8 Å². The van der Waals surface area contributed by atoms with Gasteiger partial charge in [-0.3, -0.25) is 0 Å². The largest absolute Gasteiger partial charge is 0.469 e. The van der Waals surface area contributed by atoms with Gasteiger partial charge in [0.25, 0.3) is 0 Å². The third kappa shape index (κ3) is 2.30. The highest BCUT2D eigenvalue weighted by Gasteiger charge is 2.41. The molecule has 0 amide bonds. The van der Waals surface area contributed by atoms with Gasteiger partial charge < -0.3 is 14.5 Å². The van der Waals surface area contributed by atoms with Crippen molar-refractivity contribution >= 4 is 0 Å². The summed E-state index contributed by atoms with van der Waals surface area (Å²) < 4.78 is 11.2. The van der Waals surface area contributed by atoms with Crippen molar-refractivity contribution in [2.24, 2.45) is 5.41 Å². The van der Waals surface area contributed by atoms with Crippen molar-refractivity contribution in [3.05, 3.63) is 24.2 Å². The highest BCUT2D eigenvalue weighted by atomic mass is 16.5. The zero-order valence-electron chi connectivity index (χ0n) is 10.2. The molecule has 0 bridgehead atoms. The lowest BCUT2D eigenvalue weighted by Gasteiger charge is -2.31. The average molecular weight is 223 g/mol. The van der Waals surface area contributed by atoms with Crippen LogP contribution in [0, 0.1) is 5.41 Å². The fourth-order valence-corrected chi connectivity index (χ4v) is 2.48. The maximum atomic E-state index is 5.73. The number of nitrogens with one attached hydrogen (secondary N) is 1. The fourth-order valence-electron chi connectivity index (χ4n) is 2.48. The van der Waals surface area contributed by atoms with E-state index in [0.29, 0.717) is 6.10 Å². The molecule has 90 valence electrons. The van der Waals surface area contributed by atoms with E-state index in [2.05, 4.69) is 25.2 Å². The Morgan fingerprint density at radius 2 is 2.44 bits per heavy atom. The van der Waals surface area contributed by atoms with Crippen LogP contribution in [0.3, 0.4) is 0 Å². The Morgan fingerprint density at radius 1 is 1.56 bits per heavy atom. The van der Waals surface area contributed by atoms with Crippen LogP contribution < -0.4 is 5.32 Å². The van der Waals surface area contributed by atoms with E-state index in [-0.39, 0.29) is 5.41 Å². The lowest BCUT2D eigenvalue weighted by Crippen LogP contribution is -2.41. The van der Waals surface area contributed by atoms with E-state index in [1.807, 2.05) is 6.07 Å². The Labute approximate surface area is 97.2 Å². The highest BCUT2D eigenvalue weighted by molar-refractivity contribution is 5.05. The molecule has 1 saturated heterocycles. The van der Waals surface area contributed by atoms with Gasteiger partial charge in [0.15, 0.2) is 0 Å². The van der Waals surface area contributed by atoms with E-state index in [1.54, 1.807) is 6.26 Å². The summed E-state index contributed by atoms with van der Waals surface area (Å²) >= 11 is 0. The van der Waals surface area contributed by atoms with Gasteiger partial charge in [-0.15, -0.1) is 0 Å². The van der Waals surface area contributed by atoms with E-state index in [1.165, 1.54) is 0 Å². The van der Waals surface area contributed by atoms with Gasteiger partial charge in [-0.25, -0.2) is 0 Å². The maximum absolute atomic E-state index is 5.73. The summed E-state index contributed by atoms with van der Waals surface area (Å²) in [5, 5.41) is 3.45. The molecule has 1 N–H and O–H groups in total. The molecule has 2 heterocycles. The van der Waals surface area contributed by atoms with Crippen molar-refractivity contribution in [1.29, 1.82) is 0 Å². The van der Waals surface area contributed by atoms with Crippen LogP contribution >= 0.6 is 0 Å². The second-order valence-electron chi connectivity index (χ2n) is 4.66. The summed E-state index contributed by atoms with van der Waals surface area (Å²) in [6, 6.07) is 4.01. The van der Waals surface area contributed by atoms with E-state index in [9.17, 15) is 0 Å². The third-order valence-corrected chi connectivity index (χ3v) is 3.66. The average Bonchev–Trinajstić information content (AvgIpc) is 2.88. The monoisotopic (exact) mass is 223 g/mol. The van der Waals surface area contributed by atoms with Crippen LogP contribution in [0.25, 0.3) is 0 Å². The Hall–Kier alpha value is -0.800. The van der Waals surface area contributed by atoms with Gasteiger partial charge in [0.05, 0.1) is 12.4 Å². The number of hydrogen-bond acceptors (Lipinski definition) is 3. The zero-order chi connectivity index (χ0) is 11.4. The number of hydrogen-bond donors (Lipinski definition) is 1. The van der Waals surface area contributed by atoms with Crippen molar-refractivity contribution in [3.63, 3.8) is 0 Å². The second kappa shape index (κ2) is 5.02. The Balaban J connectivity index is 2.08. The van der Waals surface area contributed by atoms with E-state index in [0.717, 1.165) is 38.3 Å². The van der Waals surface area contributed by atoms with Gasteiger partial charge in [-0.2, -0.15) is 0 Å². The first-order valence-electron chi connectivity index (χ1n) is 6.11. The lowest BCUT2D eigenvalue weighted by atomic mass is 9.77. The zero-order valence-corrected chi connectivity index (χ0v) is 10.2. The summed E-state index contributed by atoms with van der Waals surface area (Å²) in [6.45, 7) is 7.19. The molecule has 0 aliphatic carbocycles. The molecule has 1 fully saturated rings. The van der Waals surface area contributed by atoms with Crippen molar-refractivity contribution in [1.82, 2.24) is 5.32 Å². The Kier molecular flexibility index (Phi) is 3.66. The van der Waals surface area contributed by atoms with Crippen LogP contribution in [0.1, 0.15) is 26.0 Å². The first kappa shape index (κ1) is 11.7. The van der Waals surface area contributed by atoms with Gasteiger partial charge in [-0.05, 0) is 32.0 Å². The standard InChI is InChI=1S/C13H21NO2/c1-3-14-10-13(6-8-15-11(13)2)9-12-5-4-7-16-12/h4-5,7,11,14H,3,6,8-10H2,1-2H3. The molecular formula is C13H21NO2. The first-order valence-corrected chi connectivity index (χ1v) is 6.11. The van der Waals surface area contributed by atoms with Gasteiger partial charge >= 0.3 is 0 Å². The minimum Gasteiger partial charge on any atom is -0.469 e. The molecule has 2 rings (SSSR count). The smallest absolute Gasteiger partial charge is 0.104 e. The van der Waals surface area contributed by atoms with Crippen molar-refractivity contribution in [2.45, 2.75) is 32.8 Å². The number of furan rings is 1. The molecule has 2 atom stereocenters. The molecule has 0 radical (unpaired) electrons. The topological polar surface area (TPSA) is 34.4 Å². The predicted molar refractivity (Wildman–Crippen MR) is 63.4 cm³/mol. The van der Waals surface area contributed by atoms with Gasteiger partial charge in [0, 0.05) is 25.0 Å². The van der Waals surface area contributed by atoms with Crippen molar-refractivity contribution in [2.75, 3.05) is 19.7 Å². The molecular weight excluding hydrogens is 202 g/mol. The van der Waals surface area contributed by atoms with E-state index < -0.39 is 0 Å². The van der Waals surface area contributed by atoms with Crippen LogP contribution in [-0.4, -0.2) is 25.8 Å². The Bertz CT molecular complexity index is 310. The molecule has 1 aromatic rings. The fraction of sp³-hybridized carbons (Fsp3) is 0.692. The summed E-state index contributed by atoms with van der Waals surface area (Å²) in [5.74, 6) is 1.07. The minimum absolute atomic E-state index is 0.202. The number of rotatable bonds is 5. The van der Waals surface area contributed by atoms with Crippen LogP contribution in [0.4, 0.5) is 0 Å². The van der Waals surface area contributed by atoms with Crippen LogP contribution in [0.2, 0.25) is 0 Å². The van der Waals surface area contributed by atoms with Gasteiger partial charge in [-0.1, -0.05) is 6.92 Å². The molecule has 0 spiro atoms. The second-order valence-corrected chi connectivity index (χ2v) is 4.66. The van der Waals surface area contributed by atoms with Gasteiger partial charge in [0.1, 0.15) is 5.76 Å². The van der Waals surface area contributed by atoms with Crippen LogP contribution in [-0.2, 0) is 11.2 Å². The quantitative estimate of drug-likeness (QED) is 0.831. The normalized spacial score (nSPS) is 29.8. The van der Waals surface area contributed by atoms with Gasteiger partial charge in [0.2, 0.25) is 0 Å². The first-order chi connectivity index (χ1) is 7.77. The minimum atomic E-state index is 0.202. The van der Waals surface area contributed by atoms with E-state index >= 15 is 0 Å². The van der Waals surface area contributed by atoms with Crippen molar-refractivity contribution < 1.29 is 9.15 Å². The summed E-state index contributed by atoms with van der Waals surface area (Å²) in [4.78, 5) is 0. The molecule has 2 unspecified atom stereocenters. The molecule has 16 heavy (non-hydrogen) atoms. The molecule has 0 aromatic carbocycles. The lowest BCUT2D eigenvalue weighted by molar-refractivity contribution is 0.0607. The van der Waals surface area contributed by atoms with E-state index in [4.69, 9.17) is 9.15 Å². The Morgan fingerprint density at radius 3 is 3.00 bits per heavy atom. The molecule has 3 nitrogen and oxygen atoms in total. The number of ether oxygens (including phenoxy) is 1. The SMILES string of the molecule is CCNCC1(Cc2ccco2)CCOC1C. The molecule has 0 saturated carbocycles. The van der Waals surface area contributed by atoms with Crippen LogP contribution in [0.5, 0.6) is 0 Å². The summed E-state index contributed by atoms with van der Waals surface area (Å²) in [7, 11) is 0. The molecule has 1 aliphatic rings. The third-order valence-electron chi connectivity index (χ3n) is 3.66. The predicted octanol–water partition coefficient (Wildman–Crippen LogP) is 2.23. The maximum Gasteiger partial charge on any atom is 0.104 e. The van der Waals surface area contributed by atoms with Crippen molar-refractivity contribution in [3.8, 4) is 0 Å². The summed E-state index contributed by atoms with van der Waals surface area (Å²) in [5.41, 5.74) is 0.202. The molecule has 3 heteroatoms.